The van der Waals surface area contributed by atoms with Gasteiger partial charge in [-0.3, -0.25) is 14.3 Å². The first kappa shape index (κ1) is 23.1. The summed E-state index contributed by atoms with van der Waals surface area (Å²) in [5.74, 6) is 0.530. The molecule has 0 saturated heterocycles. The van der Waals surface area contributed by atoms with Crippen LogP contribution in [0.3, 0.4) is 0 Å². The Morgan fingerprint density at radius 2 is 1.83 bits per heavy atom. The molecule has 0 bridgehead atoms. The predicted octanol–water partition coefficient (Wildman–Crippen LogP) is 3.13. The highest BCUT2D eigenvalue weighted by atomic mass is 32.2. The van der Waals surface area contributed by atoms with Crippen molar-refractivity contribution < 1.29 is 4.79 Å². The molecular formula is C25H27N7O2S. The normalized spacial score (nSPS) is 14.1. The highest BCUT2D eigenvalue weighted by molar-refractivity contribution is 7.99. The fourth-order valence-electron chi connectivity index (χ4n) is 4.23. The monoisotopic (exact) mass is 489 g/mol. The topological polar surface area (TPSA) is 99.6 Å². The van der Waals surface area contributed by atoms with Gasteiger partial charge in [0.2, 0.25) is 11.1 Å². The van der Waals surface area contributed by atoms with Crippen LogP contribution < -0.4 is 10.9 Å². The van der Waals surface area contributed by atoms with Crippen LogP contribution in [0.25, 0.3) is 11.4 Å². The quantitative estimate of drug-likeness (QED) is 0.382. The smallest absolute Gasteiger partial charge is 0.297 e. The summed E-state index contributed by atoms with van der Waals surface area (Å²) >= 11 is 1.21. The Kier molecular flexibility index (Phi) is 6.29. The minimum absolute atomic E-state index is 0.00846. The first-order chi connectivity index (χ1) is 16.9. The van der Waals surface area contributed by atoms with Crippen LogP contribution in [0.5, 0.6) is 0 Å². The molecule has 1 fully saturated rings. The number of para-hydroxylation sites is 1. The van der Waals surface area contributed by atoms with E-state index in [4.69, 9.17) is 0 Å². The van der Waals surface area contributed by atoms with Gasteiger partial charge in [-0.1, -0.05) is 59.8 Å². The number of hydrogen-bond donors (Lipinski definition) is 1. The van der Waals surface area contributed by atoms with Gasteiger partial charge < -0.3 is 5.32 Å². The lowest BCUT2D eigenvalue weighted by atomic mass is 10.0. The minimum Gasteiger partial charge on any atom is -0.348 e. The number of aryl methyl sites for hydroxylation is 1. The molecule has 1 saturated carbocycles. The maximum Gasteiger partial charge on any atom is 0.297 e. The SMILES string of the molecule is Cc1ccc(C(NC(=O)CSc2nnnn2-c2c(C)n(C)n(-c3ccccc3)c2=O)C2CC2)cc1. The Balaban J connectivity index is 1.34. The van der Waals surface area contributed by atoms with Crippen LogP contribution in [0.1, 0.15) is 35.7 Å². The van der Waals surface area contributed by atoms with Crippen molar-refractivity contribution in [1.29, 1.82) is 0 Å². The number of nitrogens with one attached hydrogen (secondary N) is 1. The zero-order valence-electron chi connectivity index (χ0n) is 19.9. The summed E-state index contributed by atoms with van der Waals surface area (Å²) in [5, 5.41) is 15.5. The van der Waals surface area contributed by atoms with Crippen LogP contribution in [0, 0.1) is 19.8 Å². The van der Waals surface area contributed by atoms with Crippen molar-refractivity contribution in [2.24, 2.45) is 13.0 Å². The van der Waals surface area contributed by atoms with Gasteiger partial charge >= 0.3 is 0 Å². The number of tetrazole rings is 1. The van der Waals surface area contributed by atoms with E-state index < -0.39 is 0 Å². The summed E-state index contributed by atoms with van der Waals surface area (Å²) in [6.45, 7) is 3.90. The molecule has 1 aliphatic carbocycles. The van der Waals surface area contributed by atoms with Crippen molar-refractivity contribution in [2.45, 2.75) is 37.9 Å². The van der Waals surface area contributed by atoms with Gasteiger partial charge in [-0.15, -0.1) is 5.10 Å². The third kappa shape index (κ3) is 4.66. The lowest BCUT2D eigenvalue weighted by Gasteiger charge is -2.19. The van der Waals surface area contributed by atoms with E-state index in [0.717, 1.165) is 24.1 Å². The van der Waals surface area contributed by atoms with Gasteiger partial charge in [0.25, 0.3) is 5.56 Å². The van der Waals surface area contributed by atoms with Gasteiger partial charge in [0, 0.05) is 7.05 Å². The Morgan fingerprint density at radius 3 is 2.51 bits per heavy atom. The number of amides is 1. The summed E-state index contributed by atoms with van der Waals surface area (Å²) in [5.41, 5.74) is 3.91. The van der Waals surface area contributed by atoms with Gasteiger partial charge in [0.05, 0.1) is 23.2 Å². The van der Waals surface area contributed by atoms with E-state index in [-0.39, 0.29) is 23.3 Å². The van der Waals surface area contributed by atoms with Crippen LogP contribution in [-0.4, -0.2) is 41.2 Å². The molecule has 1 aliphatic rings. The summed E-state index contributed by atoms with van der Waals surface area (Å²) in [4.78, 5) is 26.2. The fraction of sp³-hybridized carbons (Fsp3) is 0.320. The minimum atomic E-state index is -0.233. The van der Waals surface area contributed by atoms with E-state index in [2.05, 4.69) is 52.0 Å². The van der Waals surface area contributed by atoms with Crippen LogP contribution in [0.4, 0.5) is 0 Å². The highest BCUT2D eigenvalue weighted by Gasteiger charge is 2.33. The van der Waals surface area contributed by atoms with Crippen molar-refractivity contribution in [3.05, 3.63) is 81.8 Å². The number of aromatic nitrogens is 6. The van der Waals surface area contributed by atoms with Crippen molar-refractivity contribution in [3.63, 3.8) is 0 Å². The number of benzene rings is 2. The molecule has 5 rings (SSSR count). The van der Waals surface area contributed by atoms with E-state index in [0.29, 0.717) is 22.5 Å². The maximum atomic E-state index is 13.3. The Bertz CT molecular complexity index is 1400. The van der Waals surface area contributed by atoms with Crippen molar-refractivity contribution in [1.82, 2.24) is 34.9 Å². The molecule has 4 aromatic rings. The van der Waals surface area contributed by atoms with Crippen molar-refractivity contribution >= 4 is 17.7 Å². The van der Waals surface area contributed by atoms with Crippen LogP contribution in [0.2, 0.25) is 0 Å². The molecule has 9 nitrogen and oxygen atoms in total. The molecule has 1 atom stereocenters. The number of thioether (sulfide) groups is 1. The lowest BCUT2D eigenvalue weighted by molar-refractivity contribution is -0.119. The Morgan fingerprint density at radius 1 is 1.11 bits per heavy atom. The van der Waals surface area contributed by atoms with Crippen LogP contribution in [-0.2, 0) is 11.8 Å². The van der Waals surface area contributed by atoms with Crippen molar-refractivity contribution in [3.8, 4) is 11.4 Å². The molecule has 0 radical (unpaired) electrons. The van der Waals surface area contributed by atoms with E-state index in [1.807, 2.05) is 44.3 Å². The van der Waals surface area contributed by atoms with E-state index in [9.17, 15) is 9.59 Å². The second kappa shape index (κ2) is 9.53. The Labute approximate surface area is 207 Å². The van der Waals surface area contributed by atoms with Gasteiger partial charge in [0.15, 0.2) is 5.69 Å². The van der Waals surface area contributed by atoms with Gasteiger partial charge in [-0.2, -0.15) is 4.68 Å². The largest absolute Gasteiger partial charge is 0.348 e. The van der Waals surface area contributed by atoms with Crippen LogP contribution in [0.15, 0.2) is 64.5 Å². The van der Waals surface area contributed by atoms with E-state index in [1.54, 1.807) is 9.36 Å². The van der Waals surface area contributed by atoms with Gasteiger partial charge in [-0.25, -0.2) is 4.68 Å². The molecular weight excluding hydrogens is 462 g/mol. The molecule has 35 heavy (non-hydrogen) atoms. The first-order valence-electron chi connectivity index (χ1n) is 11.6. The number of carbonyl (C=O) groups is 1. The third-order valence-electron chi connectivity index (χ3n) is 6.36. The summed E-state index contributed by atoms with van der Waals surface area (Å²) < 4.78 is 4.78. The molecule has 180 valence electrons. The maximum absolute atomic E-state index is 13.3. The lowest BCUT2D eigenvalue weighted by Crippen LogP contribution is -2.31. The van der Waals surface area contributed by atoms with Gasteiger partial charge in [0.1, 0.15) is 0 Å². The zero-order chi connectivity index (χ0) is 24.5. The van der Waals surface area contributed by atoms with E-state index in [1.165, 1.54) is 22.0 Å². The summed E-state index contributed by atoms with van der Waals surface area (Å²) in [7, 11) is 1.82. The van der Waals surface area contributed by atoms with Gasteiger partial charge in [-0.05, 0) is 60.7 Å². The molecule has 1 N–H and O–H groups in total. The third-order valence-corrected chi connectivity index (χ3v) is 7.27. The molecule has 10 heteroatoms. The zero-order valence-corrected chi connectivity index (χ0v) is 20.7. The number of carbonyl (C=O) groups excluding carboxylic acids is 1. The highest BCUT2D eigenvalue weighted by Crippen LogP contribution is 2.41. The average molecular weight is 490 g/mol. The number of rotatable bonds is 8. The summed E-state index contributed by atoms with van der Waals surface area (Å²) in [6.07, 6.45) is 2.23. The first-order valence-corrected chi connectivity index (χ1v) is 12.5. The number of nitrogens with zero attached hydrogens (tertiary/aromatic N) is 6. The molecule has 2 aromatic carbocycles. The standard InChI is InChI=1S/C25H27N7O2S/c1-16-9-11-18(12-10-16)22(19-13-14-19)26-21(33)15-35-25-27-28-29-31(25)23-17(2)30(3)32(24(23)34)20-7-5-4-6-8-20/h4-12,19,22H,13-15H2,1-3H3,(H,26,33). The molecule has 2 heterocycles. The Hall–Kier alpha value is -3.66. The average Bonchev–Trinajstić information content (AvgIpc) is 3.56. The van der Waals surface area contributed by atoms with Crippen LogP contribution >= 0.6 is 11.8 Å². The number of hydrogen-bond acceptors (Lipinski definition) is 6. The summed E-state index contributed by atoms with van der Waals surface area (Å²) in [6, 6.07) is 17.7. The molecule has 1 unspecified atom stereocenters. The second-order valence-corrected chi connectivity index (χ2v) is 9.81. The molecule has 1 amide bonds. The van der Waals surface area contributed by atoms with E-state index >= 15 is 0 Å². The van der Waals surface area contributed by atoms with Crippen molar-refractivity contribution in [2.75, 3.05) is 5.75 Å². The molecule has 0 aliphatic heterocycles. The fourth-order valence-corrected chi connectivity index (χ4v) is 4.92. The predicted molar refractivity (Wildman–Crippen MR) is 134 cm³/mol. The molecule has 2 aromatic heterocycles. The second-order valence-electron chi connectivity index (χ2n) is 8.87. The molecule has 0 spiro atoms.